The van der Waals surface area contributed by atoms with Gasteiger partial charge in [0.1, 0.15) is 11.6 Å². The standard InChI is InChI=1S/C17H26FNO/c1-4-13-5-7-14(8-6-13)19(3)12(2)16-10-9-15(20)11-17(16)18/h9-14,20H,4-8H2,1-3H3. The second kappa shape index (κ2) is 6.57. The van der Waals surface area contributed by atoms with Crippen molar-refractivity contribution in [3.8, 4) is 5.75 Å². The van der Waals surface area contributed by atoms with Crippen LogP contribution in [0.3, 0.4) is 0 Å². The molecule has 0 spiro atoms. The molecule has 1 atom stereocenters. The van der Waals surface area contributed by atoms with Gasteiger partial charge in [-0.2, -0.15) is 0 Å². The number of phenols is 1. The molecule has 1 aliphatic carbocycles. The Morgan fingerprint density at radius 3 is 2.50 bits per heavy atom. The van der Waals surface area contributed by atoms with Crippen LogP contribution in [-0.4, -0.2) is 23.1 Å². The Morgan fingerprint density at radius 2 is 1.95 bits per heavy atom. The van der Waals surface area contributed by atoms with E-state index in [1.807, 2.05) is 6.92 Å². The van der Waals surface area contributed by atoms with Gasteiger partial charge in [-0.15, -0.1) is 0 Å². The Morgan fingerprint density at radius 1 is 1.30 bits per heavy atom. The zero-order chi connectivity index (χ0) is 14.7. The Bertz CT molecular complexity index is 441. The maximum atomic E-state index is 14.0. The van der Waals surface area contributed by atoms with Crippen molar-refractivity contribution in [2.24, 2.45) is 5.92 Å². The Hall–Kier alpha value is -1.09. The normalized spacial score (nSPS) is 24.9. The number of aromatic hydroxyl groups is 1. The lowest BCUT2D eigenvalue weighted by Gasteiger charge is -2.38. The molecule has 1 saturated carbocycles. The molecule has 1 aromatic rings. The monoisotopic (exact) mass is 279 g/mol. The summed E-state index contributed by atoms with van der Waals surface area (Å²) in [5.41, 5.74) is 0.669. The Balaban J connectivity index is 2.03. The number of hydrogen-bond acceptors (Lipinski definition) is 2. The fourth-order valence-corrected chi connectivity index (χ4v) is 3.35. The molecule has 0 radical (unpaired) electrons. The molecule has 0 aromatic heterocycles. The summed E-state index contributed by atoms with van der Waals surface area (Å²) in [6.45, 7) is 4.31. The third kappa shape index (κ3) is 3.32. The summed E-state index contributed by atoms with van der Waals surface area (Å²) in [6, 6.07) is 5.05. The molecule has 0 bridgehead atoms. The van der Waals surface area contributed by atoms with Crippen molar-refractivity contribution in [3.63, 3.8) is 0 Å². The van der Waals surface area contributed by atoms with Crippen molar-refractivity contribution in [3.05, 3.63) is 29.6 Å². The first kappa shape index (κ1) is 15.3. The first-order chi connectivity index (χ1) is 9.52. The van der Waals surface area contributed by atoms with Gasteiger partial charge in [0.25, 0.3) is 0 Å². The number of hydrogen-bond donors (Lipinski definition) is 1. The molecule has 0 amide bonds. The quantitative estimate of drug-likeness (QED) is 0.877. The van der Waals surface area contributed by atoms with Gasteiger partial charge in [-0.3, -0.25) is 4.90 Å². The second-order valence-corrected chi connectivity index (χ2v) is 6.13. The van der Waals surface area contributed by atoms with Crippen molar-refractivity contribution in [2.45, 2.75) is 58.0 Å². The molecule has 1 unspecified atom stereocenters. The first-order valence-electron chi connectivity index (χ1n) is 7.73. The maximum absolute atomic E-state index is 14.0. The van der Waals surface area contributed by atoms with Crippen LogP contribution in [-0.2, 0) is 0 Å². The zero-order valence-corrected chi connectivity index (χ0v) is 12.8. The summed E-state index contributed by atoms with van der Waals surface area (Å²) in [5, 5.41) is 9.31. The molecular weight excluding hydrogens is 253 g/mol. The van der Waals surface area contributed by atoms with E-state index in [9.17, 15) is 9.50 Å². The Kier molecular flexibility index (Phi) is 5.03. The third-order valence-electron chi connectivity index (χ3n) is 5.01. The lowest BCUT2D eigenvalue weighted by Crippen LogP contribution is -2.37. The minimum atomic E-state index is -0.313. The van der Waals surface area contributed by atoms with Gasteiger partial charge in [-0.25, -0.2) is 4.39 Å². The van der Waals surface area contributed by atoms with E-state index in [0.29, 0.717) is 11.6 Å². The number of rotatable bonds is 4. The van der Waals surface area contributed by atoms with Gasteiger partial charge in [0.05, 0.1) is 0 Å². The molecule has 3 heteroatoms. The number of nitrogens with zero attached hydrogens (tertiary/aromatic N) is 1. The molecule has 112 valence electrons. The average Bonchev–Trinajstić information content (AvgIpc) is 2.46. The summed E-state index contributed by atoms with van der Waals surface area (Å²) in [6.07, 6.45) is 6.27. The molecule has 2 rings (SSSR count). The van der Waals surface area contributed by atoms with Crippen molar-refractivity contribution in [1.82, 2.24) is 4.90 Å². The lowest BCUT2D eigenvalue weighted by molar-refractivity contribution is 0.125. The van der Waals surface area contributed by atoms with Crippen LogP contribution in [0.5, 0.6) is 5.75 Å². The van der Waals surface area contributed by atoms with E-state index in [2.05, 4.69) is 18.9 Å². The zero-order valence-electron chi connectivity index (χ0n) is 12.8. The summed E-state index contributed by atoms with van der Waals surface area (Å²) in [4.78, 5) is 2.29. The summed E-state index contributed by atoms with van der Waals surface area (Å²) >= 11 is 0. The molecular formula is C17H26FNO. The van der Waals surface area contributed by atoms with E-state index in [1.165, 1.54) is 38.2 Å². The van der Waals surface area contributed by atoms with Gasteiger partial charge >= 0.3 is 0 Å². The summed E-state index contributed by atoms with van der Waals surface area (Å²) in [7, 11) is 2.09. The highest BCUT2D eigenvalue weighted by Crippen LogP contribution is 2.33. The fourth-order valence-electron chi connectivity index (χ4n) is 3.35. The largest absolute Gasteiger partial charge is 0.508 e. The highest BCUT2D eigenvalue weighted by Gasteiger charge is 2.27. The highest BCUT2D eigenvalue weighted by molar-refractivity contribution is 5.29. The number of halogens is 1. The molecule has 0 heterocycles. The van der Waals surface area contributed by atoms with Crippen LogP contribution in [0.15, 0.2) is 18.2 Å². The number of phenolic OH excluding ortho intramolecular Hbond substituents is 1. The lowest BCUT2D eigenvalue weighted by atomic mass is 9.83. The predicted octanol–water partition coefficient (Wildman–Crippen LogP) is 4.49. The number of benzene rings is 1. The molecule has 2 nitrogen and oxygen atoms in total. The van der Waals surface area contributed by atoms with Gasteiger partial charge in [-0.05, 0) is 51.6 Å². The highest BCUT2D eigenvalue weighted by atomic mass is 19.1. The van der Waals surface area contributed by atoms with E-state index >= 15 is 0 Å². The van der Waals surface area contributed by atoms with E-state index < -0.39 is 0 Å². The van der Waals surface area contributed by atoms with Crippen molar-refractivity contribution in [2.75, 3.05) is 7.05 Å². The molecule has 1 aromatic carbocycles. The van der Waals surface area contributed by atoms with Crippen LogP contribution in [0, 0.1) is 11.7 Å². The van der Waals surface area contributed by atoms with Crippen LogP contribution >= 0.6 is 0 Å². The van der Waals surface area contributed by atoms with E-state index in [-0.39, 0.29) is 17.6 Å². The SMILES string of the molecule is CCC1CCC(N(C)C(C)c2ccc(O)cc2F)CC1. The van der Waals surface area contributed by atoms with Crippen molar-refractivity contribution >= 4 is 0 Å². The fraction of sp³-hybridized carbons (Fsp3) is 0.647. The minimum Gasteiger partial charge on any atom is -0.508 e. The summed E-state index contributed by atoms with van der Waals surface area (Å²) in [5.74, 6) is 0.552. The van der Waals surface area contributed by atoms with Gasteiger partial charge in [0.15, 0.2) is 0 Å². The average molecular weight is 279 g/mol. The molecule has 1 fully saturated rings. The smallest absolute Gasteiger partial charge is 0.131 e. The van der Waals surface area contributed by atoms with Gasteiger partial charge < -0.3 is 5.11 Å². The van der Waals surface area contributed by atoms with Gasteiger partial charge in [0, 0.05) is 23.7 Å². The summed E-state index contributed by atoms with van der Waals surface area (Å²) < 4.78 is 14.0. The molecule has 20 heavy (non-hydrogen) atoms. The van der Waals surface area contributed by atoms with E-state index in [1.54, 1.807) is 12.1 Å². The molecule has 0 saturated heterocycles. The van der Waals surface area contributed by atoms with Crippen LogP contribution in [0.2, 0.25) is 0 Å². The van der Waals surface area contributed by atoms with E-state index in [4.69, 9.17) is 0 Å². The Labute approximate surface area is 121 Å². The van der Waals surface area contributed by atoms with Crippen LogP contribution in [0.25, 0.3) is 0 Å². The molecule has 0 aliphatic heterocycles. The third-order valence-corrected chi connectivity index (χ3v) is 5.01. The maximum Gasteiger partial charge on any atom is 0.131 e. The molecule has 1 N–H and O–H groups in total. The van der Waals surface area contributed by atoms with Crippen molar-refractivity contribution in [1.29, 1.82) is 0 Å². The second-order valence-electron chi connectivity index (χ2n) is 6.13. The van der Waals surface area contributed by atoms with Crippen LogP contribution < -0.4 is 0 Å². The molecule has 1 aliphatic rings. The van der Waals surface area contributed by atoms with Gasteiger partial charge in [-0.1, -0.05) is 19.4 Å². The van der Waals surface area contributed by atoms with Crippen molar-refractivity contribution < 1.29 is 9.50 Å². The predicted molar refractivity (Wildman–Crippen MR) is 80.3 cm³/mol. The topological polar surface area (TPSA) is 23.5 Å². The van der Waals surface area contributed by atoms with Gasteiger partial charge in [0.2, 0.25) is 0 Å². The van der Waals surface area contributed by atoms with Crippen LogP contribution in [0.4, 0.5) is 4.39 Å². The van der Waals surface area contributed by atoms with E-state index in [0.717, 1.165) is 5.92 Å². The van der Waals surface area contributed by atoms with Crippen LogP contribution in [0.1, 0.15) is 57.6 Å². The minimum absolute atomic E-state index is 0.00967. The first-order valence-corrected chi connectivity index (χ1v) is 7.73.